The highest BCUT2D eigenvalue weighted by Crippen LogP contribution is 2.12. The highest BCUT2D eigenvalue weighted by Gasteiger charge is 2.02. The number of hydrogen-bond donors (Lipinski definition) is 1. The van der Waals surface area contributed by atoms with Crippen molar-refractivity contribution in [1.82, 2.24) is 5.32 Å². The van der Waals surface area contributed by atoms with Crippen molar-refractivity contribution in [3.05, 3.63) is 35.4 Å². The fourth-order valence-electron chi connectivity index (χ4n) is 1.59. The number of nitrogens with one attached hydrogen (secondary N) is 1. The van der Waals surface area contributed by atoms with E-state index < -0.39 is 11.6 Å². The Labute approximate surface area is 101 Å². The quantitative estimate of drug-likeness (QED) is 0.708. The average Bonchev–Trinajstić information content (AvgIpc) is 2.30. The molecule has 0 saturated heterocycles. The minimum atomic E-state index is -0.521. The maximum Gasteiger partial charge on any atom is 0.129 e. The summed E-state index contributed by atoms with van der Waals surface area (Å²) in [5, 5.41) is 3.22. The summed E-state index contributed by atoms with van der Waals surface area (Å²) in [5.74, 6) is -0.968. The van der Waals surface area contributed by atoms with Crippen LogP contribution in [0.2, 0.25) is 0 Å². The van der Waals surface area contributed by atoms with Crippen molar-refractivity contribution in [3.8, 4) is 0 Å². The molecule has 1 rings (SSSR count). The first-order valence-corrected chi connectivity index (χ1v) is 5.87. The van der Waals surface area contributed by atoms with E-state index in [0.29, 0.717) is 18.6 Å². The summed E-state index contributed by atoms with van der Waals surface area (Å²) in [5.41, 5.74) is 0.586. The van der Waals surface area contributed by atoms with Crippen molar-refractivity contribution in [1.29, 1.82) is 0 Å². The third-order valence-electron chi connectivity index (χ3n) is 2.55. The van der Waals surface area contributed by atoms with E-state index in [2.05, 4.69) is 5.32 Å². The van der Waals surface area contributed by atoms with Gasteiger partial charge in [0.25, 0.3) is 0 Å². The lowest BCUT2D eigenvalue weighted by Crippen LogP contribution is -2.20. The topological polar surface area (TPSA) is 21.3 Å². The Kier molecular flexibility index (Phi) is 6.74. The fraction of sp³-hybridized carbons (Fsp3) is 0.538. The zero-order chi connectivity index (χ0) is 12.5. The third kappa shape index (κ3) is 5.75. The summed E-state index contributed by atoms with van der Waals surface area (Å²) in [6, 6.07) is 3.75. The summed E-state index contributed by atoms with van der Waals surface area (Å²) >= 11 is 0. The van der Waals surface area contributed by atoms with Crippen molar-refractivity contribution in [3.63, 3.8) is 0 Å². The number of halogens is 2. The molecule has 2 nitrogen and oxygen atoms in total. The van der Waals surface area contributed by atoms with Crippen LogP contribution in [0, 0.1) is 11.6 Å². The molecule has 0 unspecified atom stereocenters. The molecule has 0 spiro atoms. The molecule has 1 aromatic carbocycles. The summed E-state index contributed by atoms with van der Waals surface area (Å²) < 4.78 is 30.8. The number of hydrogen-bond acceptors (Lipinski definition) is 2. The lowest BCUT2D eigenvalue weighted by atomic mass is 10.1. The lowest BCUT2D eigenvalue weighted by Gasteiger charge is -2.05. The molecule has 0 atom stereocenters. The van der Waals surface area contributed by atoms with Crippen LogP contribution in [0.5, 0.6) is 0 Å². The summed E-state index contributed by atoms with van der Waals surface area (Å²) in [6.45, 7) is 2.43. The second-order valence-electron chi connectivity index (χ2n) is 3.94. The number of benzene rings is 1. The molecule has 0 heterocycles. The molecule has 0 saturated carbocycles. The Morgan fingerprint density at radius 3 is 2.71 bits per heavy atom. The van der Waals surface area contributed by atoms with Gasteiger partial charge in [-0.05, 0) is 37.4 Å². The monoisotopic (exact) mass is 243 g/mol. The van der Waals surface area contributed by atoms with Gasteiger partial charge in [0.1, 0.15) is 11.6 Å². The van der Waals surface area contributed by atoms with Gasteiger partial charge in [-0.15, -0.1) is 0 Å². The maximum absolute atomic E-state index is 13.3. The van der Waals surface area contributed by atoms with Gasteiger partial charge < -0.3 is 10.1 Å². The van der Waals surface area contributed by atoms with Gasteiger partial charge in [0.15, 0.2) is 0 Å². The summed E-state index contributed by atoms with van der Waals surface area (Å²) in [4.78, 5) is 0. The van der Waals surface area contributed by atoms with Crippen LogP contribution in [0.15, 0.2) is 18.2 Å². The van der Waals surface area contributed by atoms with Crippen LogP contribution >= 0.6 is 0 Å². The SMILES string of the molecule is COCCNCCCCc1ccc(F)cc1F. The molecule has 0 aromatic heterocycles. The first kappa shape index (κ1) is 14.1. The van der Waals surface area contributed by atoms with E-state index in [-0.39, 0.29) is 0 Å². The molecule has 17 heavy (non-hydrogen) atoms. The molecular weight excluding hydrogens is 224 g/mol. The van der Waals surface area contributed by atoms with Crippen LogP contribution in [0.3, 0.4) is 0 Å². The molecule has 0 aliphatic heterocycles. The van der Waals surface area contributed by atoms with Crippen LogP contribution in [0.1, 0.15) is 18.4 Å². The predicted molar refractivity (Wildman–Crippen MR) is 64.0 cm³/mol. The number of rotatable bonds is 8. The van der Waals surface area contributed by atoms with Gasteiger partial charge >= 0.3 is 0 Å². The van der Waals surface area contributed by atoms with Crippen LogP contribution in [0.25, 0.3) is 0 Å². The summed E-state index contributed by atoms with van der Waals surface area (Å²) in [7, 11) is 1.67. The van der Waals surface area contributed by atoms with Crippen LogP contribution in [-0.2, 0) is 11.2 Å². The summed E-state index contributed by atoms with van der Waals surface area (Å²) in [6.07, 6.45) is 2.52. The van der Waals surface area contributed by atoms with Crippen molar-refractivity contribution < 1.29 is 13.5 Å². The first-order valence-electron chi connectivity index (χ1n) is 5.87. The maximum atomic E-state index is 13.3. The number of ether oxygens (including phenoxy) is 1. The van der Waals surface area contributed by atoms with Crippen molar-refractivity contribution in [2.75, 3.05) is 26.8 Å². The standard InChI is InChI=1S/C13H19F2NO/c1-17-9-8-16-7-3-2-4-11-5-6-12(14)10-13(11)15/h5-6,10,16H,2-4,7-9H2,1H3. The van der Waals surface area contributed by atoms with Gasteiger partial charge in [-0.3, -0.25) is 0 Å². The Balaban J connectivity index is 2.14. The first-order chi connectivity index (χ1) is 8.24. The number of unbranched alkanes of at least 4 members (excludes halogenated alkanes) is 1. The molecule has 1 aromatic rings. The Morgan fingerprint density at radius 2 is 2.00 bits per heavy atom. The number of aryl methyl sites for hydroxylation is 1. The van der Waals surface area contributed by atoms with E-state index in [1.807, 2.05) is 0 Å². The highest BCUT2D eigenvalue weighted by molar-refractivity contribution is 5.18. The largest absolute Gasteiger partial charge is 0.383 e. The predicted octanol–water partition coefficient (Wildman–Crippen LogP) is 2.52. The van der Waals surface area contributed by atoms with E-state index in [1.54, 1.807) is 7.11 Å². The zero-order valence-corrected chi connectivity index (χ0v) is 10.1. The molecule has 0 aliphatic rings. The molecule has 4 heteroatoms. The molecule has 0 bridgehead atoms. The van der Waals surface area contributed by atoms with Crippen LogP contribution in [-0.4, -0.2) is 26.8 Å². The van der Waals surface area contributed by atoms with Gasteiger partial charge in [0.2, 0.25) is 0 Å². The fourth-order valence-corrected chi connectivity index (χ4v) is 1.59. The van der Waals surface area contributed by atoms with E-state index >= 15 is 0 Å². The molecule has 0 radical (unpaired) electrons. The van der Waals surface area contributed by atoms with E-state index in [9.17, 15) is 8.78 Å². The van der Waals surface area contributed by atoms with E-state index in [0.717, 1.165) is 32.0 Å². The second kappa shape index (κ2) is 8.14. The van der Waals surface area contributed by atoms with E-state index in [1.165, 1.54) is 12.1 Å². The van der Waals surface area contributed by atoms with Crippen LogP contribution < -0.4 is 5.32 Å². The molecule has 0 fully saturated rings. The second-order valence-corrected chi connectivity index (χ2v) is 3.94. The molecule has 96 valence electrons. The van der Waals surface area contributed by atoms with Crippen molar-refractivity contribution in [2.45, 2.75) is 19.3 Å². The average molecular weight is 243 g/mol. The molecular formula is C13H19F2NO. The Hall–Kier alpha value is -1.00. The van der Waals surface area contributed by atoms with Crippen molar-refractivity contribution >= 4 is 0 Å². The van der Waals surface area contributed by atoms with E-state index in [4.69, 9.17) is 4.74 Å². The van der Waals surface area contributed by atoms with Gasteiger partial charge in [-0.1, -0.05) is 6.07 Å². The smallest absolute Gasteiger partial charge is 0.129 e. The van der Waals surface area contributed by atoms with Gasteiger partial charge in [0.05, 0.1) is 6.61 Å². The minimum Gasteiger partial charge on any atom is -0.383 e. The lowest BCUT2D eigenvalue weighted by molar-refractivity contribution is 0.199. The van der Waals surface area contributed by atoms with Gasteiger partial charge in [0, 0.05) is 19.7 Å². The molecule has 0 amide bonds. The normalized spacial score (nSPS) is 10.8. The third-order valence-corrected chi connectivity index (χ3v) is 2.55. The number of methoxy groups -OCH3 is 1. The molecule has 0 aliphatic carbocycles. The van der Waals surface area contributed by atoms with Crippen molar-refractivity contribution in [2.24, 2.45) is 0 Å². The zero-order valence-electron chi connectivity index (χ0n) is 10.1. The van der Waals surface area contributed by atoms with Gasteiger partial charge in [-0.2, -0.15) is 0 Å². The Morgan fingerprint density at radius 1 is 1.18 bits per heavy atom. The minimum absolute atomic E-state index is 0.447. The molecule has 1 N–H and O–H groups in total. The Bertz CT molecular complexity index is 331. The van der Waals surface area contributed by atoms with Gasteiger partial charge in [-0.25, -0.2) is 8.78 Å². The highest BCUT2D eigenvalue weighted by atomic mass is 19.1. The van der Waals surface area contributed by atoms with Crippen LogP contribution in [0.4, 0.5) is 8.78 Å².